The number of aryl methyl sites for hydroxylation is 1. The lowest BCUT2D eigenvalue weighted by molar-refractivity contribution is -0.120. The minimum Gasteiger partial charge on any atom is -0.346 e. The molecule has 1 amide bonds. The Morgan fingerprint density at radius 1 is 1.19 bits per heavy atom. The Balaban J connectivity index is 1.54. The molecule has 7 heteroatoms. The number of rotatable bonds is 6. The van der Waals surface area contributed by atoms with Gasteiger partial charge in [-0.2, -0.15) is 4.98 Å². The van der Waals surface area contributed by atoms with Gasteiger partial charge in [-0.3, -0.25) is 4.79 Å². The second-order valence-electron chi connectivity index (χ2n) is 5.81. The Hall–Kier alpha value is -2.31. The molecule has 0 spiro atoms. The van der Waals surface area contributed by atoms with Gasteiger partial charge in [-0.15, -0.1) is 11.8 Å². The summed E-state index contributed by atoms with van der Waals surface area (Å²) in [6.45, 7) is 4.06. The molecule has 0 saturated heterocycles. The molecule has 134 valence electrons. The lowest BCUT2D eigenvalue weighted by Crippen LogP contribution is -2.30. The highest BCUT2D eigenvalue weighted by molar-refractivity contribution is 8.00. The molecular weight excluding hydrogens is 370 g/mol. The Morgan fingerprint density at radius 2 is 1.88 bits per heavy atom. The van der Waals surface area contributed by atoms with E-state index in [9.17, 15) is 4.79 Å². The first-order valence-corrected chi connectivity index (χ1v) is 9.36. The Morgan fingerprint density at radius 3 is 2.58 bits per heavy atom. The van der Waals surface area contributed by atoms with Gasteiger partial charge in [-0.05, 0) is 38.1 Å². The number of aromatic nitrogens is 2. The summed E-state index contributed by atoms with van der Waals surface area (Å²) in [5, 5.41) is 7.20. The van der Waals surface area contributed by atoms with Crippen molar-refractivity contribution in [2.75, 3.05) is 0 Å². The molecule has 0 fully saturated rings. The zero-order chi connectivity index (χ0) is 18.5. The van der Waals surface area contributed by atoms with Gasteiger partial charge >= 0.3 is 0 Å². The molecule has 1 aromatic heterocycles. The molecule has 0 aliphatic rings. The zero-order valence-electron chi connectivity index (χ0n) is 14.4. The molecule has 3 aromatic rings. The number of carbonyl (C=O) groups excluding carboxylic acids is 1. The lowest BCUT2D eigenvalue weighted by atomic mass is 10.1. The first-order valence-electron chi connectivity index (χ1n) is 8.11. The van der Waals surface area contributed by atoms with Crippen LogP contribution in [0, 0.1) is 6.92 Å². The van der Waals surface area contributed by atoms with Gasteiger partial charge in [0.05, 0.1) is 11.8 Å². The minimum atomic E-state index is -0.254. The summed E-state index contributed by atoms with van der Waals surface area (Å²) < 4.78 is 5.21. The maximum atomic E-state index is 12.3. The van der Waals surface area contributed by atoms with Crippen molar-refractivity contribution in [3.63, 3.8) is 0 Å². The molecule has 1 N–H and O–H groups in total. The highest BCUT2D eigenvalue weighted by Gasteiger charge is 2.16. The van der Waals surface area contributed by atoms with Crippen molar-refractivity contribution in [1.29, 1.82) is 0 Å². The van der Waals surface area contributed by atoms with E-state index in [1.54, 1.807) is 12.1 Å². The summed E-state index contributed by atoms with van der Waals surface area (Å²) in [4.78, 5) is 17.6. The molecule has 0 unspecified atom stereocenters. The summed E-state index contributed by atoms with van der Waals surface area (Å²) in [7, 11) is 0. The monoisotopic (exact) mass is 387 g/mol. The van der Waals surface area contributed by atoms with Crippen molar-refractivity contribution in [2.45, 2.75) is 30.5 Å². The number of hydrogen-bond acceptors (Lipinski definition) is 5. The van der Waals surface area contributed by atoms with Gasteiger partial charge < -0.3 is 9.84 Å². The van der Waals surface area contributed by atoms with Crippen LogP contribution in [0.25, 0.3) is 11.4 Å². The standard InChI is InChI=1S/C19H18ClN3O2S/c1-12-3-5-14(6-4-12)18-22-17(25-23-18)11-21-19(24)13(2)26-16-9-7-15(20)8-10-16/h3-10,13H,11H2,1-2H3,(H,21,24)/t13-/m1/s1. The normalized spacial score (nSPS) is 12.0. The van der Waals surface area contributed by atoms with Crippen LogP contribution in [-0.2, 0) is 11.3 Å². The van der Waals surface area contributed by atoms with E-state index in [-0.39, 0.29) is 17.7 Å². The number of halogens is 1. The van der Waals surface area contributed by atoms with Crippen LogP contribution < -0.4 is 5.32 Å². The van der Waals surface area contributed by atoms with Crippen LogP contribution in [0.4, 0.5) is 0 Å². The van der Waals surface area contributed by atoms with Gasteiger partial charge in [0.1, 0.15) is 0 Å². The highest BCUT2D eigenvalue weighted by Crippen LogP contribution is 2.24. The van der Waals surface area contributed by atoms with Crippen molar-refractivity contribution < 1.29 is 9.32 Å². The van der Waals surface area contributed by atoms with Crippen molar-refractivity contribution in [3.8, 4) is 11.4 Å². The molecule has 0 aliphatic carbocycles. The number of nitrogens with zero attached hydrogens (tertiary/aromatic N) is 2. The van der Waals surface area contributed by atoms with E-state index >= 15 is 0 Å². The third kappa shape index (κ3) is 4.86. The summed E-state index contributed by atoms with van der Waals surface area (Å²) in [6, 6.07) is 15.2. The van der Waals surface area contributed by atoms with E-state index < -0.39 is 0 Å². The second-order valence-corrected chi connectivity index (χ2v) is 7.66. The fourth-order valence-corrected chi connectivity index (χ4v) is 3.24. The van der Waals surface area contributed by atoms with Crippen LogP contribution >= 0.6 is 23.4 Å². The van der Waals surface area contributed by atoms with Crippen LogP contribution in [-0.4, -0.2) is 21.3 Å². The van der Waals surface area contributed by atoms with Gasteiger partial charge in [-0.1, -0.05) is 46.6 Å². The van der Waals surface area contributed by atoms with Crippen LogP contribution in [0.5, 0.6) is 0 Å². The second kappa shape index (κ2) is 8.38. The summed E-state index contributed by atoms with van der Waals surface area (Å²) in [6.07, 6.45) is 0. The largest absolute Gasteiger partial charge is 0.346 e. The average Bonchev–Trinajstić information content (AvgIpc) is 3.11. The molecule has 0 bridgehead atoms. The third-order valence-corrected chi connectivity index (χ3v) is 5.05. The van der Waals surface area contributed by atoms with Crippen LogP contribution in [0.1, 0.15) is 18.4 Å². The fraction of sp³-hybridized carbons (Fsp3) is 0.211. The van der Waals surface area contributed by atoms with Crippen molar-refractivity contribution in [2.24, 2.45) is 0 Å². The maximum absolute atomic E-state index is 12.3. The molecule has 3 rings (SSSR count). The van der Waals surface area contributed by atoms with E-state index in [4.69, 9.17) is 16.1 Å². The van der Waals surface area contributed by atoms with Gasteiger partial charge in [0.15, 0.2) is 0 Å². The van der Waals surface area contributed by atoms with E-state index in [1.165, 1.54) is 11.8 Å². The predicted molar refractivity (Wildman–Crippen MR) is 103 cm³/mol. The molecule has 1 atom stereocenters. The van der Waals surface area contributed by atoms with Gasteiger partial charge in [-0.25, -0.2) is 0 Å². The maximum Gasteiger partial charge on any atom is 0.246 e. The fourth-order valence-electron chi connectivity index (χ4n) is 2.22. The molecule has 0 aliphatic heterocycles. The van der Waals surface area contributed by atoms with E-state index in [0.717, 1.165) is 16.0 Å². The van der Waals surface area contributed by atoms with Crippen molar-refractivity contribution >= 4 is 29.3 Å². The van der Waals surface area contributed by atoms with Crippen LogP contribution in [0.3, 0.4) is 0 Å². The number of hydrogen-bond donors (Lipinski definition) is 1. The summed E-state index contributed by atoms with van der Waals surface area (Å²) >= 11 is 7.33. The van der Waals surface area contributed by atoms with Crippen LogP contribution in [0.15, 0.2) is 57.9 Å². The SMILES string of the molecule is Cc1ccc(-c2noc(CNC(=O)[C@@H](C)Sc3ccc(Cl)cc3)n2)cc1. The molecule has 1 heterocycles. The summed E-state index contributed by atoms with van der Waals surface area (Å²) in [5.74, 6) is 0.787. The molecule has 26 heavy (non-hydrogen) atoms. The van der Waals surface area contributed by atoms with E-state index in [2.05, 4.69) is 15.5 Å². The van der Waals surface area contributed by atoms with E-state index in [0.29, 0.717) is 16.7 Å². The number of amides is 1. The topological polar surface area (TPSA) is 68.0 Å². The van der Waals surface area contributed by atoms with Gasteiger partial charge in [0.25, 0.3) is 0 Å². The first kappa shape index (κ1) is 18.5. The molecule has 2 aromatic carbocycles. The molecule has 0 saturated carbocycles. The van der Waals surface area contributed by atoms with Crippen molar-refractivity contribution in [3.05, 3.63) is 65.0 Å². The number of nitrogens with one attached hydrogen (secondary N) is 1. The molecule has 0 radical (unpaired) electrons. The van der Waals surface area contributed by atoms with Gasteiger partial charge in [0, 0.05) is 15.5 Å². The minimum absolute atomic E-state index is 0.0972. The Bertz CT molecular complexity index is 879. The van der Waals surface area contributed by atoms with Crippen LogP contribution in [0.2, 0.25) is 5.02 Å². The Labute approximate surface area is 161 Å². The number of thioether (sulfide) groups is 1. The highest BCUT2D eigenvalue weighted by atomic mass is 35.5. The Kier molecular flexibility index (Phi) is 5.96. The average molecular weight is 388 g/mol. The molecule has 5 nitrogen and oxygen atoms in total. The number of benzene rings is 2. The summed E-state index contributed by atoms with van der Waals surface area (Å²) in [5.41, 5.74) is 2.04. The third-order valence-electron chi connectivity index (χ3n) is 3.69. The lowest BCUT2D eigenvalue weighted by Gasteiger charge is -2.10. The predicted octanol–water partition coefficient (Wildman–Crippen LogP) is 4.50. The van der Waals surface area contributed by atoms with Gasteiger partial charge in [0.2, 0.25) is 17.6 Å². The zero-order valence-corrected chi connectivity index (χ0v) is 16.0. The molecular formula is C19H18ClN3O2S. The quantitative estimate of drug-likeness (QED) is 0.631. The van der Waals surface area contributed by atoms with Crippen molar-refractivity contribution in [1.82, 2.24) is 15.5 Å². The smallest absolute Gasteiger partial charge is 0.246 e. The number of carbonyl (C=O) groups is 1. The first-order chi connectivity index (χ1) is 12.5. The van der Waals surface area contributed by atoms with E-state index in [1.807, 2.05) is 50.2 Å².